The Morgan fingerprint density at radius 2 is 2.04 bits per heavy atom. The Morgan fingerprint density at radius 1 is 1.27 bits per heavy atom. The lowest BCUT2D eigenvalue weighted by molar-refractivity contribution is -0.384. The third-order valence-electron chi connectivity index (χ3n) is 3.68. The van der Waals surface area contributed by atoms with Crippen LogP contribution in [0.15, 0.2) is 59.0 Å². The predicted octanol–water partition coefficient (Wildman–Crippen LogP) is 4.56. The molecular formula is C18H16N4O3S. The summed E-state index contributed by atoms with van der Waals surface area (Å²) in [6.45, 7) is 1.78. The number of nitrogens with zero attached hydrogens (tertiary/aromatic N) is 3. The van der Waals surface area contributed by atoms with Crippen LogP contribution >= 0.6 is 11.3 Å². The van der Waals surface area contributed by atoms with Gasteiger partial charge < -0.3 is 4.74 Å². The fourth-order valence-electron chi connectivity index (χ4n) is 2.26. The number of rotatable bonds is 6. The molecule has 0 saturated heterocycles. The van der Waals surface area contributed by atoms with Gasteiger partial charge in [-0.2, -0.15) is 5.10 Å². The summed E-state index contributed by atoms with van der Waals surface area (Å²) in [6.07, 6.45) is 0. The van der Waals surface area contributed by atoms with Crippen molar-refractivity contribution in [3.63, 3.8) is 0 Å². The van der Waals surface area contributed by atoms with E-state index in [1.807, 2.05) is 29.6 Å². The topological polar surface area (TPSA) is 89.6 Å². The number of nitro groups is 1. The second kappa shape index (κ2) is 7.75. The highest BCUT2D eigenvalue weighted by molar-refractivity contribution is 7.14. The van der Waals surface area contributed by atoms with E-state index < -0.39 is 4.92 Å². The second-order valence-electron chi connectivity index (χ2n) is 5.38. The van der Waals surface area contributed by atoms with Gasteiger partial charge >= 0.3 is 0 Å². The third-order valence-corrected chi connectivity index (χ3v) is 4.43. The molecule has 0 aliphatic heterocycles. The Labute approximate surface area is 154 Å². The molecule has 7 nitrogen and oxygen atoms in total. The number of hydrogen-bond acceptors (Lipinski definition) is 7. The summed E-state index contributed by atoms with van der Waals surface area (Å²) in [7, 11) is 1.63. The van der Waals surface area contributed by atoms with E-state index in [1.54, 1.807) is 26.2 Å². The number of non-ortho nitro benzene ring substituents is 1. The molecule has 0 aliphatic rings. The molecule has 0 bridgehead atoms. The minimum atomic E-state index is -0.424. The number of methoxy groups -OCH3 is 1. The zero-order chi connectivity index (χ0) is 18.5. The average Bonchev–Trinajstić information content (AvgIpc) is 3.15. The zero-order valence-electron chi connectivity index (χ0n) is 14.2. The van der Waals surface area contributed by atoms with E-state index in [9.17, 15) is 10.1 Å². The van der Waals surface area contributed by atoms with E-state index in [1.165, 1.54) is 23.5 Å². The van der Waals surface area contributed by atoms with Gasteiger partial charge in [0.15, 0.2) is 0 Å². The van der Waals surface area contributed by atoms with Crippen LogP contribution in [0.3, 0.4) is 0 Å². The molecule has 0 radical (unpaired) electrons. The van der Waals surface area contributed by atoms with Crippen LogP contribution < -0.4 is 10.2 Å². The standard InChI is InChI=1S/C18H16N4O3S/c1-12(14-4-3-5-15(10-14)22(23)24)20-21-18-19-17(11-26-18)13-6-8-16(25-2)9-7-13/h3-11H,1-2H3,(H,19,21)/b20-12-. The summed E-state index contributed by atoms with van der Waals surface area (Å²) in [5, 5.41) is 17.7. The van der Waals surface area contributed by atoms with Crippen molar-refractivity contribution in [3.05, 3.63) is 69.6 Å². The van der Waals surface area contributed by atoms with Crippen LogP contribution in [0.1, 0.15) is 12.5 Å². The van der Waals surface area contributed by atoms with E-state index in [-0.39, 0.29) is 5.69 Å². The van der Waals surface area contributed by atoms with Crippen molar-refractivity contribution in [1.29, 1.82) is 0 Å². The van der Waals surface area contributed by atoms with Crippen LogP contribution in [-0.4, -0.2) is 22.7 Å². The van der Waals surface area contributed by atoms with Gasteiger partial charge in [-0.25, -0.2) is 4.98 Å². The van der Waals surface area contributed by atoms with Gasteiger partial charge in [0, 0.05) is 28.6 Å². The zero-order valence-corrected chi connectivity index (χ0v) is 15.0. The van der Waals surface area contributed by atoms with Crippen LogP contribution in [-0.2, 0) is 0 Å². The van der Waals surface area contributed by atoms with Crippen LogP contribution in [0.5, 0.6) is 5.75 Å². The highest BCUT2D eigenvalue weighted by Crippen LogP contribution is 2.26. The van der Waals surface area contributed by atoms with Gasteiger partial charge in [0.2, 0.25) is 5.13 Å². The predicted molar refractivity (Wildman–Crippen MR) is 103 cm³/mol. The maximum Gasteiger partial charge on any atom is 0.270 e. The van der Waals surface area contributed by atoms with Crippen molar-refractivity contribution in [2.24, 2.45) is 5.10 Å². The number of ether oxygens (including phenoxy) is 1. The van der Waals surface area contributed by atoms with Crippen molar-refractivity contribution in [2.45, 2.75) is 6.92 Å². The normalized spacial score (nSPS) is 11.2. The van der Waals surface area contributed by atoms with Crippen molar-refractivity contribution in [3.8, 4) is 17.0 Å². The molecule has 3 rings (SSSR count). The summed E-state index contributed by atoms with van der Waals surface area (Å²) < 4.78 is 5.15. The summed E-state index contributed by atoms with van der Waals surface area (Å²) in [4.78, 5) is 14.9. The minimum absolute atomic E-state index is 0.0353. The Balaban J connectivity index is 1.73. The maximum absolute atomic E-state index is 10.9. The molecular weight excluding hydrogens is 352 g/mol. The van der Waals surface area contributed by atoms with E-state index in [0.29, 0.717) is 16.4 Å². The Morgan fingerprint density at radius 3 is 2.73 bits per heavy atom. The Hall–Kier alpha value is -3.26. The van der Waals surface area contributed by atoms with Gasteiger partial charge in [-0.15, -0.1) is 11.3 Å². The first-order chi connectivity index (χ1) is 12.6. The first kappa shape index (κ1) is 17.6. The summed E-state index contributed by atoms with van der Waals surface area (Å²) in [5.41, 5.74) is 6.07. The molecule has 1 aromatic heterocycles. The summed E-state index contributed by atoms with van der Waals surface area (Å²) >= 11 is 1.43. The maximum atomic E-state index is 10.9. The highest BCUT2D eigenvalue weighted by Gasteiger charge is 2.08. The molecule has 3 aromatic rings. The molecule has 26 heavy (non-hydrogen) atoms. The number of hydrazone groups is 1. The van der Waals surface area contributed by atoms with Crippen LogP contribution in [0.2, 0.25) is 0 Å². The fourth-order valence-corrected chi connectivity index (χ4v) is 2.92. The van der Waals surface area contributed by atoms with Crippen molar-refractivity contribution < 1.29 is 9.66 Å². The van der Waals surface area contributed by atoms with Crippen LogP contribution in [0.4, 0.5) is 10.8 Å². The molecule has 1 N–H and O–H groups in total. The lowest BCUT2D eigenvalue weighted by Gasteiger charge is -2.02. The molecule has 1 heterocycles. The van der Waals surface area contributed by atoms with Gasteiger partial charge in [-0.3, -0.25) is 15.5 Å². The number of nitrogens with one attached hydrogen (secondary N) is 1. The van der Waals surface area contributed by atoms with Gasteiger partial charge in [0.05, 0.1) is 23.4 Å². The molecule has 0 unspecified atom stereocenters. The first-order valence-electron chi connectivity index (χ1n) is 7.72. The largest absolute Gasteiger partial charge is 0.497 e. The third kappa shape index (κ3) is 4.04. The van der Waals surface area contributed by atoms with Crippen molar-refractivity contribution >= 4 is 27.9 Å². The molecule has 0 spiro atoms. The van der Waals surface area contributed by atoms with E-state index in [4.69, 9.17) is 4.74 Å². The second-order valence-corrected chi connectivity index (χ2v) is 6.24. The van der Waals surface area contributed by atoms with E-state index in [0.717, 1.165) is 17.0 Å². The molecule has 0 aliphatic carbocycles. The van der Waals surface area contributed by atoms with Gasteiger partial charge in [0.1, 0.15) is 5.75 Å². The number of hydrogen-bond donors (Lipinski definition) is 1. The molecule has 132 valence electrons. The van der Waals surface area contributed by atoms with Gasteiger partial charge in [-0.1, -0.05) is 12.1 Å². The SMILES string of the molecule is COc1ccc(-c2csc(N/N=C(/C)c3cccc([N+](=O)[O-])c3)n2)cc1. The quantitative estimate of drug-likeness (QED) is 0.391. The number of anilines is 1. The number of benzene rings is 2. The van der Waals surface area contributed by atoms with E-state index in [2.05, 4.69) is 15.5 Å². The summed E-state index contributed by atoms with van der Waals surface area (Å²) in [5.74, 6) is 0.791. The van der Waals surface area contributed by atoms with Gasteiger partial charge in [-0.05, 0) is 31.2 Å². The number of aromatic nitrogens is 1. The Bertz CT molecular complexity index is 951. The molecule has 0 saturated carbocycles. The summed E-state index contributed by atoms with van der Waals surface area (Å²) in [6, 6.07) is 14.0. The first-order valence-corrected chi connectivity index (χ1v) is 8.60. The molecule has 2 aromatic carbocycles. The van der Waals surface area contributed by atoms with Crippen molar-refractivity contribution in [1.82, 2.24) is 4.98 Å². The minimum Gasteiger partial charge on any atom is -0.497 e. The Kier molecular flexibility index (Phi) is 5.23. The molecule has 8 heteroatoms. The molecule has 0 amide bonds. The molecule has 0 atom stereocenters. The average molecular weight is 368 g/mol. The monoisotopic (exact) mass is 368 g/mol. The van der Waals surface area contributed by atoms with Crippen LogP contribution in [0.25, 0.3) is 11.3 Å². The van der Waals surface area contributed by atoms with Crippen LogP contribution in [0, 0.1) is 10.1 Å². The number of thiazole rings is 1. The van der Waals surface area contributed by atoms with Crippen molar-refractivity contribution in [2.75, 3.05) is 12.5 Å². The van der Waals surface area contributed by atoms with E-state index >= 15 is 0 Å². The number of nitro benzene ring substituents is 1. The lowest BCUT2D eigenvalue weighted by Crippen LogP contribution is -2.00. The highest BCUT2D eigenvalue weighted by atomic mass is 32.1. The molecule has 0 fully saturated rings. The fraction of sp³-hybridized carbons (Fsp3) is 0.111. The lowest BCUT2D eigenvalue weighted by atomic mass is 10.1. The van der Waals surface area contributed by atoms with Gasteiger partial charge in [0.25, 0.3) is 5.69 Å². The smallest absolute Gasteiger partial charge is 0.270 e.